The Labute approximate surface area is 126 Å². The predicted molar refractivity (Wildman–Crippen MR) is 79.6 cm³/mol. The van der Waals surface area contributed by atoms with E-state index in [2.05, 4.69) is 0 Å². The van der Waals surface area contributed by atoms with Crippen LogP contribution in [0.25, 0.3) is 0 Å². The molecule has 2 aliphatic rings. The van der Waals surface area contributed by atoms with E-state index in [1.54, 1.807) is 0 Å². The second-order valence-corrected chi connectivity index (χ2v) is 6.81. The summed E-state index contributed by atoms with van der Waals surface area (Å²) in [6, 6.07) is -0.182. The maximum absolute atomic E-state index is 12.1. The summed E-state index contributed by atoms with van der Waals surface area (Å²) >= 11 is 0. The van der Waals surface area contributed by atoms with Crippen molar-refractivity contribution in [2.24, 2.45) is 5.92 Å². The molecule has 1 N–H and O–H groups in total. The Kier molecular flexibility index (Phi) is 4.02. The Balaban J connectivity index is 2.43. The number of hydrogen-bond donors (Lipinski definition) is 1. The molecule has 0 bridgehead atoms. The van der Waals surface area contributed by atoms with Crippen LogP contribution in [0.2, 0.25) is 0 Å². The van der Waals surface area contributed by atoms with Crippen LogP contribution in [-0.2, 0) is 9.59 Å². The van der Waals surface area contributed by atoms with Crippen LogP contribution in [0.1, 0.15) is 53.9 Å². The molecule has 0 saturated carbocycles. The van der Waals surface area contributed by atoms with E-state index >= 15 is 0 Å². The Hall–Kier alpha value is -1.20. The zero-order valence-corrected chi connectivity index (χ0v) is 13.6. The molecule has 0 aromatic rings. The summed E-state index contributed by atoms with van der Waals surface area (Å²) in [5, 5.41) is 12.2. The van der Waals surface area contributed by atoms with Gasteiger partial charge < -0.3 is 5.21 Å². The Morgan fingerprint density at radius 3 is 2.14 bits per heavy atom. The minimum Gasteiger partial charge on any atom is -0.313 e. The van der Waals surface area contributed by atoms with Crippen molar-refractivity contribution < 1.29 is 14.8 Å². The van der Waals surface area contributed by atoms with Crippen molar-refractivity contribution in [3.05, 3.63) is 12.2 Å². The standard InChI is InChI=1S/C16H26N2O3/c1-6-15(4)10-12(17-13(19)8-9-14(17)20)11(3)16(5,7-2)18(15)21/h8-9,11-12,21H,6-7,10H2,1-5H3. The van der Waals surface area contributed by atoms with Crippen molar-refractivity contribution in [1.82, 2.24) is 9.96 Å². The van der Waals surface area contributed by atoms with Crippen LogP contribution in [0.15, 0.2) is 12.2 Å². The quantitative estimate of drug-likeness (QED) is 0.812. The van der Waals surface area contributed by atoms with Crippen molar-refractivity contribution >= 4 is 11.8 Å². The molecule has 1 fully saturated rings. The molecule has 1 saturated heterocycles. The van der Waals surface area contributed by atoms with Gasteiger partial charge >= 0.3 is 0 Å². The molecular weight excluding hydrogens is 268 g/mol. The summed E-state index contributed by atoms with van der Waals surface area (Å²) < 4.78 is 0. The van der Waals surface area contributed by atoms with Gasteiger partial charge in [0.15, 0.2) is 0 Å². The number of amides is 2. The van der Waals surface area contributed by atoms with Gasteiger partial charge in [-0.1, -0.05) is 20.8 Å². The molecule has 0 aromatic heterocycles. The zero-order valence-electron chi connectivity index (χ0n) is 13.6. The highest BCUT2D eigenvalue weighted by Crippen LogP contribution is 2.46. The minimum absolute atomic E-state index is 0.0000694. The van der Waals surface area contributed by atoms with Crippen molar-refractivity contribution in [3.8, 4) is 0 Å². The Bertz CT molecular complexity index is 472. The summed E-state index contributed by atoms with van der Waals surface area (Å²) in [7, 11) is 0. The third kappa shape index (κ3) is 2.23. The largest absolute Gasteiger partial charge is 0.313 e. The Morgan fingerprint density at radius 1 is 1.19 bits per heavy atom. The molecule has 0 aromatic carbocycles. The molecule has 118 valence electrons. The molecule has 4 atom stereocenters. The second-order valence-electron chi connectivity index (χ2n) is 6.81. The number of piperidine rings is 1. The Morgan fingerprint density at radius 2 is 1.71 bits per heavy atom. The fourth-order valence-corrected chi connectivity index (χ4v) is 3.76. The molecule has 2 rings (SSSR count). The van der Waals surface area contributed by atoms with Crippen molar-refractivity contribution in [2.75, 3.05) is 0 Å². The first-order valence-corrected chi connectivity index (χ1v) is 7.75. The summed E-state index contributed by atoms with van der Waals surface area (Å²) in [6.07, 6.45) is 4.78. The SMILES string of the molecule is CCC1(C)CC(N2C(=O)C=CC2=O)C(C)C(C)(CC)N1O. The van der Waals surface area contributed by atoms with Crippen LogP contribution in [-0.4, -0.2) is 44.1 Å². The minimum atomic E-state index is -0.461. The highest BCUT2D eigenvalue weighted by atomic mass is 16.5. The lowest BCUT2D eigenvalue weighted by molar-refractivity contribution is -0.279. The third-order valence-corrected chi connectivity index (χ3v) is 5.85. The monoisotopic (exact) mass is 294 g/mol. The van der Waals surface area contributed by atoms with E-state index in [-0.39, 0.29) is 23.8 Å². The predicted octanol–water partition coefficient (Wildman–Crippen LogP) is 2.35. The van der Waals surface area contributed by atoms with E-state index in [0.717, 1.165) is 12.8 Å². The van der Waals surface area contributed by atoms with Crippen LogP contribution in [0.3, 0.4) is 0 Å². The van der Waals surface area contributed by atoms with Gasteiger partial charge in [-0.3, -0.25) is 14.5 Å². The summed E-state index contributed by atoms with van der Waals surface area (Å²) in [6.45, 7) is 10.1. The van der Waals surface area contributed by atoms with Gasteiger partial charge in [0.25, 0.3) is 11.8 Å². The van der Waals surface area contributed by atoms with E-state index in [0.29, 0.717) is 6.42 Å². The number of nitrogens with zero attached hydrogens (tertiary/aromatic N) is 2. The zero-order chi connectivity index (χ0) is 16.0. The topological polar surface area (TPSA) is 60.9 Å². The van der Waals surface area contributed by atoms with Crippen molar-refractivity contribution in [2.45, 2.75) is 71.0 Å². The maximum Gasteiger partial charge on any atom is 0.253 e. The summed E-state index contributed by atoms with van der Waals surface area (Å²) in [5.74, 6) is -0.472. The van der Waals surface area contributed by atoms with Crippen LogP contribution in [0.4, 0.5) is 0 Å². The molecule has 2 heterocycles. The molecule has 2 aliphatic heterocycles. The summed E-state index contributed by atoms with van der Waals surface area (Å²) in [5.41, 5.74) is -0.901. The molecule has 5 heteroatoms. The number of imide groups is 1. The van der Waals surface area contributed by atoms with Gasteiger partial charge in [0.1, 0.15) is 0 Å². The lowest BCUT2D eigenvalue weighted by Crippen LogP contribution is -2.69. The molecule has 2 amide bonds. The number of hydroxylamine groups is 2. The van der Waals surface area contributed by atoms with Crippen LogP contribution in [0, 0.1) is 5.92 Å². The first-order valence-electron chi connectivity index (χ1n) is 7.75. The number of carbonyl (C=O) groups excluding carboxylic acids is 2. The smallest absolute Gasteiger partial charge is 0.253 e. The van der Waals surface area contributed by atoms with E-state index < -0.39 is 11.1 Å². The van der Waals surface area contributed by atoms with Crippen LogP contribution < -0.4 is 0 Å². The van der Waals surface area contributed by atoms with E-state index in [1.165, 1.54) is 22.1 Å². The number of rotatable bonds is 3. The highest BCUT2D eigenvalue weighted by molar-refractivity contribution is 6.13. The van der Waals surface area contributed by atoms with Crippen molar-refractivity contribution in [3.63, 3.8) is 0 Å². The maximum atomic E-state index is 12.1. The molecular formula is C16H26N2O3. The molecule has 0 spiro atoms. The lowest BCUT2D eigenvalue weighted by atomic mass is 9.68. The van der Waals surface area contributed by atoms with Gasteiger partial charge in [-0.15, -0.1) is 0 Å². The van der Waals surface area contributed by atoms with Gasteiger partial charge in [0.05, 0.1) is 0 Å². The fraction of sp³-hybridized carbons (Fsp3) is 0.750. The van der Waals surface area contributed by atoms with Crippen LogP contribution in [0.5, 0.6) is 0 Å². The van der Waals surface area contributed by atoms with Gasteiger partial charge in [-0.05, 0) is 39.0 Å². The highest BCUT2D eigenvalue weighted by Gasteiger charge is 2.55. The van der Waals surface area contributed by atoms with Gasteiger partial charge in [0.2, 0.25) is 0 Å². The van der Waals surface area contributed by atoms with Gasteiger partial charge in [-0.25, -0.2) is 0 Å². The van der Waals surface area contributed by atoms with E-state index in [1.807, 2.05) is 34.6 Å². The fourth-order valence-electron chi connectivity index (χ4n) is 3.76. The van der Waals surface area contributed by atoms with Gasteiger partial charge in [-0.2, -0.15) is 5.06 Å². The number of carbonyl (C=O) groups is 2. The molecule has 21 heavy (non-hydrogen) atoms. The third-order valence-electron chi connectivity index (χ3n) is 5.85. The molecule has 0 radical (unpaired) electrons. The first-order chi connectivity index (χ1) is 9.71. The van der Waals surface area contributed by atoms with E-state index in [9.17, 15) is 14.8 Å². The lowest BCUT2D eigenvalue weighted by Gasteiger charge is -2.58. The molecule has 5 nitrogen and oxygen atoms in total. The van der Waals surface area contributed by atoms with Crippen LogP contribution >= 0.6 is 0 Å². The van der Waals surface area contributed by atoms with Crippen molar-refractivity contribution in [1.29, 1.82) is 0 Å². The summed E-state index contributed by atoms with van der Waals surface area (Å²) in [4.78, 5) is 25.5. The average molecular weight is 294 g/mol. The first kappa shape index (κ1) is 16.2. The van der Waals surface area contributed by atoms with E-state index in [4.69, 9.17) is 0 Å². The van der Waals surface area contributed by atoms with Gasteiger partial charge in [0, 0.05) is 29.3 Å². The average Bonchev–Trinajstić information content (AvgIpc) is 2.80. The molecule has 4 unspecified atom stereocenters. The molecule has 0 aliphatic carbocycles. The number of hydrogen-bond acceptors (Lipinski definition) is 4. The second kappa shape index (κ2) is 5.21. The normalized spacial score (nSPS) is 41.1.